The van der Waals surface area contributed by atoms with Gasteiger partial charge < -0.3 is 20.5 Å². The van der Waals surface area contributed by atoms with Crippen molar-refractivity contribution in [3.8, 4) is 0 Å². The van der Waals surface area contributed by atoms with Crippen LogP contribution in [0.25, 0.3) is 0 Å². The van der Waals surface area contributed by atoms with Gasteiger partial charge in [0.05, 0.1) is 16.8 Å². The van der Waals surface area contributed by atoms with Crippen molar-refractivity contribution in [2.75, 3.05) is 25.9 Å². The number of anilines is 1. The summed E-state index contributed by atoms with van der Waals surface area (Å²) in [5.41, 5.74) is 4.44. The van der Waals surface area contributed by atoms with Crippen LogP contribution in [-0.2, 0) is 19.5 Å². The number of fused-ring (bicyclic) bond motifs is 1. The average Bonchev–Trinajstić information content (AvgIpc) is 3.60. The first-order valence-corrected chi connectivity index (χ1v) is 12.1. The zero-order chi connectivity index (χ0) is 27.7. The number of nitrogens with two attached hydrogens (primary N) is 1. The maximum absolute atomic E-state index is 14.1. The van der Waals surface area contributed by atoms with Crippen molar-refractivity contribution in [1.82, 2.24) is 14.8 Å². The van der Waals surface area contributed by atoms with Gasteiger partial charge in [-0.25, -0.2) is 22.0 Å². The summed E-state index contributed by atoms with van der Waals surface area (Å²) in [7, 11) is 3.66. The molecule has 3 fully saturated rings. The number of alkyl halides is 4. The molecule has 0 bridgehead atoms. The van der Waals surface area contributed by atoms with Crippen molar-refractivity contribution in [1.29, 1.82) is 0 Å². The number of carbonyl (C=O) groups excluding carboxylic acids is 1. The van der Waals surface area contributed by atoms with Crippen molar-refractivity contribution in [3.05, 3.63) is 63.3 Å². The molecule has 3 unspecified atom stereocenters. The maximum atomic E-state index is 14.1. The third kappa shape index (κ3) is 7.53. The Morgan fingerprint density at radius 3 is 2.24 bits per heavy atom. The summed E-state index contributed by atoms with van der Waals surface area (Å²) >= 11 is 0. The Balaban J connectivity index is 0.000000232. The van der Waals surface area contributed by atoms with Gasteiger partial charge in [0.25, 0.3) is 23.3 Å². The second kappa shape index (κ2) is 10.8. The van der Waals surface area contributed by atoms with Gasteiger partial charge in [0, 0.05) is 63.8 Å². The van der Waals surface area contributed by atoms with Crippen LogP contribution in [0, 0.1) is 23.6 Å². The Labute approximate surface area is 212 Å². The highest BCUT2D eigenvalue weighted by molar-refractivity contribution is 5.98. The Kier molecular flexibility index (Phi) is 8.36. The first-order valence-electron chi connectivity index (χ1n) is 12.1. The number of likely N-dealkylation sites (tertiary alicyclic amines) is 1. The van der Waals surface area contributed by atoms with Gasteiger partial charge in [0.2, 0.25) is 0 Å². The van der Waals surface area contributed by atoms with Crippen LogP contribution >= 0.6 is 0 Å². The van der Waals surface area contributed by atoms with Gasteiger partial charge in [-0.05, 0) is 25.3 Å². The van der Waals surface area contributed by atoms with Crippen LogP contribution in [0.15, 0.2) is 35.3 Å². The highest BCUT2D eigenvalue weighted by Gasteiger charge is 2.53. The van der Waals surface area contributed by atoms with Crippen molar-refractivity contribution in [2.45, 2.75) is 45.1 Å². The highest BCUT2D eigenvalue weighted by atomic mass is 19.3. The van der Waals surface area contributed by atoms with E-state index in [0.29, 0.717) is 6.92 Å². The summed E-state index contributed by atoms with van der Waals surface area (Å²) in [5.74, 6) is -5.44. The van der Waals surface area contributed by atoms with E-state index in [1.54, 1.807) is 6.92 Å². The lowest BCUT2D eigenvalue weighted by atomic mass is 10.0. The number of benzene rings is 1. The number of pyridine rings is 1. The highest BCUT2D eigenvalue weighted by Crippen LogP contribution is 2.47. The molecular weight excluding hydrogens is 495 g/mol. The van der Waals surface area contributed by atoms with E-state index in [9.17, 15) is 31.5 Å². The maximum Gasteiger partial charge on any atom is 0.273 e. The summed E-state index contributed by atoms with van der Waals surface area (Å²) in [5, 5.41) is 2.40. The SMILES string of the molecule is CC1CC1(F)F.CN1CC2CC2C1.Cn1cc(C(=O)NCc2cccc(C(C)(F)F)c2F)c(N)cc1=O. The van der Waals surface area contributed by atoms with E-state index in [1.807, 2.05) is 0 Å². The van der Waals surface area contributed by atoms with Crippen LogP contribution in [0.5, 0.6) is 0 Å². The third-order valence-corrected chi connectivity index (χ3v) is 6.80. The standard InChI is InChI=1S/C16H16F3N3O2.C6H11N.C4H6F2/c1-16(18,19)11-5-3-4-9(14(11)17)7-21-15(24)10-8-22(2)13(23)6-12(10)20;1-7-3-5-2-6(5)4-7;1-3-2-4(3,5)6/h3-6,8H,7,20H2,1-2H3,(H,21,24);5-6H,2-4H2,1H3;3H,2H2,1H3. The molecule has 2 heterocycles. The lowest BCUT2D eigenvalue weighted by Crippen LogP contribution is -2.27. The molecule has 2 aromatic rings. The van der Waals surface area contributed by atoms with Crippen LogP contribution in [0.3, 0.4) is 0 Å². The van der Waals surface area contributed by atoms with Gasteiger partial charge in [0.15, 0.2) is 0 Å². The Hall–Kier alpha value is -2.95. The van der Waals surface area contributed by atoms with Gasteiger partial charge in [-0.3, -0.25) is 9.59 Å². The monoisotopic (exact) mass is 528 g/mol. The van der Waals surface area contributed by atoms with E-state index in [2.05, 4.69) is 17.3 Å². The normalized spacial score (nSPS) is 23.1. The molecule has 11 heteroatoms. The quantitative estimate of drug-likeness (QED) is 0.578. The number of hydrogen-bond acceptors (Lipinski definition) is 4. The number of halogens is 5. The molecular formula is C26H33F5N4O2. The minimum absolute atomic E-state index is 0.0232. The molecule has 1 aromatic carbocycles. The molecule has 6 nitrogen and oxygen atoms in total. The number of rotatable bonds is 4. The zero-order valence-corrected chi connectivity index (χ0v) is 21.3. The van der Waals surface area contributed by atoms with Crippen LogP contribution in [-0.4, -0.2) is 41.4 Å². The smallest absolute Gasteiger partial charge is 0.273 e. The van der Waals surface area contributed by atoms with E-state index in [4.69, 9.17) is 5.73 Å². The number of nitrogen functional groups attached to an aromatic ring is 1. The molecule has 5 rings (SSSR count). The molecule has 1 amide bonds. The molecule has 3 N–H and O–H groups in total. The molecule has 1 aromatic heterocycles. The zero-order valence-electron chi connectivity index (χ0n) is 21.3. The van der Waals surface area contributed by atoms with E-state index in [1.165, 1.54) is 49.5 Å². The predicted molar refractivity (Wildman–Crippen MR) is 131 cm³/mol. The fourth-order valence-corrected chi connectivity index (χ4v) is 4.14. The molecule has 0 radical (unpaired) electrons. The second-order valence-electron chi connectivity index (χ2n) is 10.3. The lowest BCUT2D eigenvalue weighted by Gasteiger charge is -2.14. The number of aromatic nitrogens is 1. The number of hydrogen-bond donors (Lipinski definition) is 2. The topological polar surface area (TPSA) is 80.4 Å². The average molecular weight is 529 g/mol. The molecule has 204 valence electrons. The van der Waals surface area contributed by atoms with E-state index in [-0.39, 0.29) is 41.3 Å². The Bertz CT molecular complexity index is 1180. The van der Waals surface area contributed by atoms with Crippen LogP contribution in [0.1, 0.15) is 48.2 Å². The molecule has 1 aliphatic heterocycles. The van der Waals surface area contributed by atoms with Crippen molar-refractivity contribution < 1.29 is 26.7 Å². The number of piperidine rings is 1. The lowest BCUT2D eigenvalue weighted by molar-refractivity contribution is 0.0136. The minimum Gasteiger partial charge on any atom is -0.398 e. The number of carbonyl (C=O) groups is 1. The summed E-state index contributed by atoms with van der Waals surface area (Å²) in [6.07, 6.45) is 2.89. The largest absolute Gasteiger partial charge is 0.398 e. The van der Waals surface area contributed by atoms with Gasteiger partial charge in [-0.2, -0.15) is 0 Å². The van der Waals surface area contributed by atoms with Crippen LogP contribution in [0.4, 0.5) is 27.6 Å². The first kappa shape index (κ1) is 28.6. The minimum atomic E-state index is -3.33. The summed E-state index contributed by atoms with van der Waals surface area (Å²) in [4.78, 5) is 25.9. The number of nitrogens with zero attached hydrogens (tertiary/aromatic N) is 2. The number of nitrogens with one attached hydrogen (secondary N) is 1. The molecule has 1 saturated heterocycles. The second-order valence-corrected chi connectivity index (χ2v) is 10.3. The Morgan fingerprint density at radius 2 is 1.78 bits per heavy atom. The van der Waals surface area contributed by atoms with E-state index >= 15 is 0 Å². The van der Waals surface area contributed by atoms with Crippen molar-refractivity contribution in [2.24, 2.45) is 24.8 Å². The summed E-state index contributed by atoms with van der Waals surface area (Å²) < 4.78 is 65.0. The van der Waals surface area contributed by atoms with E-state index in [0.717, 1.165) is 24.0 Å². The molecule has 0 spiro atoms. The fourth-order valence-electron chi connectivity index (χ4n) is 4.14. The molecule has 2 aliphatic carbocycles. The van der Waals surface area contributed by atoms with Crippen molar-refractivity contribution >= 4 is 11.6 Å². The third-order valence-electron chi connectivity index (χ3n) is 6.80. The van der Waals surface area contributed by atoms with Gasteiger partial charge in [-0.15, -0.1) is 0 Å². The predicted octanol–water partition coefficient (Wildman–Crippen LogP) is 4.38. The van der Waals surface area contributed by atoms with Crippen molar-refractivity contribution in [3.63, 3.8) is 0 Å². The first-order chi connectivity index (χ1) is 17.1. The number of amides is 1. The number of aryl methyl sites for hydroxylation is 1. The Morgan fingerprint density at radius 1 is 1.22 bits per heavy atom. The molecule has 3 aliphatic rings. The molecule has 3 atom stereocenters. The fraction of sp³-hybridized carbons (Fsp3) is 0.538. The molecule has 37 heavy (non-hydrogen) atoms. The summed E-state index contributed by atoms with van der Waals surface area (Å²) in [6.45, 7) is 4.62. The van der Waals surface area contributed by atoms with E-state index < -0.39 is 29.1 Å². The summed E-state index contributed by atoms with van der Waals surface area (Å²) in [6, 6.07) is 4.67. The van der Waals surface area contributed by atoms with Crippen LogP contribution in [0.2, 0.25) is 0 Å². The van der Waals surface area contributed by atoms with Gasteiger partial charge in [0.1, 0.15) is 5.82 Å². The van der Waals surface area contributed by atoms with Gasteiger partial charge >= 0.3 is 0 Å². The molecule has 2 saturated carbocycles. The van der Waals surface area contributed by atoms with Crippen LogP contribution < -0.4 is 16.6 Å². The van der Waals surface area contributed by atoms with Gasteiger partial charge in [-0.1, -0.05) is 25.1 Å².